The third-order valence-corrected chi connectivity index (χ3v) is 4.38. The maximum atomic E-state index is 12.1. The minimum absolute atomic E-state index is 0.0642. The van der Waals surface area contributed by atoms with Crippen LogP contribution < -0.4 is 10.9 Å². The maximum Gasteiger partial charge on any atom is 0.283 e. The minimum atomic E-state index is -0.0642. The van der Waals surface area contributed by atoms with Crippen molar-refractivity contribution < 1.29 is 5.11 Å². The summed E-state index contributed by atoms with van der Waals surface area (Å²) in [5.41, 5.74) is 0.685. The van der Waals surface area contributed by atoms with E-state index in [4.69, 9.17) is 5.11 Å². The molecule has 0 aromatic carbocycles. The van der Waals surface area contributed by atoms with Crippen molar-refractivity contribution in [3.8, 4) is 0 Å². The molecule has 20 heavy (non-hydrogen) atoms. The Hall–Kier alpha value is -0.880. The zero-order valence-electron chi connectivity index (χ0n) is 11.8. The lowest BCUT2D eigenvalue weighted by Crippen LogP contribution is -2.25. The van der Waals surface area contributed by atoms with Gasteiger partial charge in [0.15, 0.2) is 0 Å². The van der Waals surface area contributed by atoms with Crippen molar-refractivity contribution in [1.82, 2.24) is 9.78 Å². The molecule has 1 aliphatic rings. The Kier molecular flexibility index (Phi) is 5.60. The molecule has 1 atom stereocenters. The molecular weight excluding hydrogens is 322 g/mol. The molecule has 2 N–H and O–H groups in total. The monoisotopic (exact) mass is 343 g/mol. The Morgan fingerprint density at radius 3 is 3.00 bits per heavy atom. The van der Waals surface area contributed by atoms with Crippen molar-refractivity contribution >= 4 is 21.6 Å². The second-order valence-corrected chi connectivity index (χ2v) is 6.45. The summed E-state index contributed by atoms with van der Waals surface area (Å²) < 4.78 is 2.10. The molecule has 2 rings (SSSR count). The van der Waals surface area contributed by atoms with Gasteiger partial charge in [-0.05, 0) is 53.4 Å². The van der Waals surface area contributed by atoms with Crippen LogP contribution >= 0.6 is 15.9 Å². The number of rotatable bonds is 8. The highest BCUT2D eigenvalue weighted by Crippen LogP contribution is 2.30. The number of nitrogens with one attached hydrogen (secondary N) is 1. The SMILES string of the molecule is CC(CO)CCCNc1cnn(CC2CC2)c(=O)c1Br. The van der Waals surface area contributed by atoms with E-state index in [1.807, 2.05) is 6.92 Å². The summed E-state index contributed by atoms with van der Waals surface area (Å²) in [4.78, 5) is 12.1. The van der Waals surface area contributed by atoms with Crippen LogP contribution in [0.15, 0.2) is 15.5 Å². The molecule has 0 saturated heterocycles. The summed E-state index contributed by atoms with van der Waals surface area (Å²) in [6.07, 6.45) is 6.04. The van der Waals surface area contributed by atoms with Gasteiger partial charge in [0.1, 0.15) is 4.47 Å². The highest BCUT2D eigenvalue weighted by molar-refractivity contribution is 9.10. The Bertz CT molecular complexity index is 500. The normalized spacial score (nSPS) is 16.1. The minimum Gasteiger partial charge on any atom is -0.396 e. The van der Waals surface area contributed by atoms with Gasteiger partial charge in [-0.2, -0.15) is 5.10 Å². The van der Waals surface area contributed by atoms with Gasteiger partial charge < -0.3 is 10.4 Å². The molecule has 0 amide bonds. The van der Waals surface area contributed by atoms with Crippen molar-refractivity contribution in [2.45, 2.75) is 39.2 Å². The van der Waals surface area contributed by atoms with Gasteiger partial charge in [-0.25, -0.2) is 4.68 Å². The van der Waals surface area contributed by atoms with Crippen molar-refractivity contribution in [2.75, 3.05) is 18.5 Å². The largest absolute Gasteiger partial charge is 0.396 e. The molecular formula is C14H22BrN3O2. The van der Waals surface area contributed by atoms with Gasteiger partial charge in [0.25, 0.3) is 5.56 Å². The van der Waals surface area contributed by atoms with Gasteiger partial charge in [0, 0.05) is 19.7 Å². The van der Waals surface area contributed by atoms with E-state index in [-0.39, 0.29) is 12.2 Å². The van der Waals surface area contributed by atoms with Gasteiger partial charge in [-0.15, -0.1) is 0 Å². The highest BCUT2D eigenvalue weighted by Gasteiger charge is 2.23. The Balaban J connectivity index is 1.88. The molecule has 0 radical (unpaired) electrons. The average Bonchev–Trinajstić information content (AvgIpc) is 3.25. The summed E-state index contributed by atoms with van der Waals surface area (Å²) in [6, 6.07) is 0. The maximum absolute atomic E-state index is 12.1. The lowest BCUT2D eigenvalue weighted by molar-refractivity contribution is 0.229. The molecule has 1 heterocycles. The fraction of sp³-hybridized carbons (Fsp3) is 0.714. The molecule has 1 fully saturated rings. The number of halogens is 1. The highest BCUT2D eigenvalue weighted by atomic mass is 79.9. The fourth-order valence-electron chi connectivity index (χ4n) is 2.03. The van der Waals surface area contributed by atoms with Gasteiger partial charge in [0.2, 0.25) is 0 Å². The molecule has 0 aliphatic heterocycles. The molecule has 0 bridgehead atoms. The zero-order chi connectivity index (χ0) is 14.5. The number of nitrogens with zero attached hydrogens (tertiary/aromatic N) is 2. The third kappa shape index (κ3) is 4.31. The molecule has 0 spiro atoms. The van der Waals surface area contributed by atoms with Crippen LogP contribution in [-0.4, -0.2) is 28.0 Å². The molecule has 1 unspecified atom stereocenters. The number of hydrogen-bond acceptors (Lipinski definition) is 4. The third-order valence-electron chi connectivity index (χ3n) is 3.61. The van der Waals surface area contributed by atoms with Crippen LogP contribution in [0.25, 0.3) is 0 Å². The van der Waals surface area contributed by atoms with E-state index in [0.29, 0.717) is 16.3 Å². The van der Waals surface area contributed by atoms with E-state index < -0.39 is 0 Å². The van der Waals surface area contributed by atoms with Crippen LogP contribution in [0, 0.1) is 11.8 Å². The summed E-state index contributed by atoms with van der Waals surface area (Å²) in [6.45, 7) is 3.75. The first-order valence-corrected chi connectivity index (χ1v) is 8.01. The van der Waals surface area contributed by atoms with Gasteiger partial charge in [-0.3, -0.25) is 4.79 Å². The average molecular weight is 344 g/mol. The van der Waals surface area contributed by atoms with E-state index in [1.54, 1.807) is 10.9 Å². The number of aliphatic hydroxyl groups excluding tert-OH is 1. The van der Waals surface area contributed by atoms with Crippen LogP contribution in [0.2, 0.25) is 0 Å². The van der Waals surface area contributed by atoms with Gasteiger partial charge in [0.05, 0.1) is 11.9 Å². The number of aliphatic hydroxyl groups is 1. The van der Waals surface area contributed by atoms with E-state index >= 15 is 0 Å². The summed E-state index contributed by atoms with van der Waals surface area (Å²) in [5.74, 6) is 0.954. The number of aromatic nitrogens is 2. The second kappa shape index (κ2) is 7.22. The fourth-order valence-corrected chi connectivity index (χ4v) is 2.48. The topological polar surface area (TPSA) is 67.2 Å². The standard InChI is InChI=1S/C14H22BrN3O2/c1-10(9-19)3-2-6-16-12-7-17-18(8-11-4-5-11)14(20)13(12)15/h7,10-11,16,19H,2-6,8-9H2,1H3. The van der Waals surface area contributed by atoms with E-state index in [0.717, 1.165) is 31.6 Å². The lowest BCUT2D eigenvalue weighted by Gasteiger charge is -2.11. The molecule has 1 aromatic heterocycles. The zero-order valence-corrected chi connectivity index (χ0v) is 13.4. The van der Waals surface area contributed by atoms with Crippen LogP contribution in [0.5, 0.6) is 0 Å². The summed E-state index contributed by atoms with van der Waals surface area (Å²) in [5, 5.41) is 16.4. The van der Waals surface area contributed by atoms with Gasteiger partial charge >= 0.3 is 0 Å². The predicted molar refractivity (Wildman–Crippen MR) is 82.9 cm³/mol. The number of hydrogen-bond donors (Lipinski definition) is 2. The van der Waals surface area contributed by atoms with Gasteiger partial charge in [-0.1, -0.05) is 6.92 Å². The first-order valence-electron chi connectivity index (χ1n) is 7.22. The van der Waals surface area contributed by atoms with Crippen molar-refractivity contribution in [3.63, 3.8) is 0 Å². The van der Waals surface area contributed by atoms with Crippen molar-refractivity contribution in [3.05, 3.63) is 21.0 Å². The van der Waals surface area contributed by atoms with Crippen LogP contribution in [-0.2, 0) is 6.54 Å². The Labute approximate surface area is 127 Å². The summed E-state index contributed by atoms with van der Waals surface area (Å²) in [7, 11) is 0. The van der Waals surface area contributed by atoms with Crippen LogP contribution in [0.1, 0.15) is 32.6 Å². The lowest BCUT2D eigenvalue weighted by atomic mass is 10.1. The first kappa shape index (κ1) is 15.5. The van der Waals surface area contributed by atoms with E-state index in [1.165, 1.54) is 12.8 Å². The van der Waals surface area contributed by atoms with E-state index in [2.05, 4.69) is 26.3 Å². The van der Waals surface area contributed by atoms with Crippen molar-refractivity contribution in [2.24, 2.45) is 11.8 Å². The van der Waals surface area contributed by atoms with Crippen LogP contribution in [0.4, 0.5) is 5.69 Å². The quantitative estimate of drug-likeness (QED) is 0.710. The molecule has 6 heteroatoms. The van der Waals surface area contributed by atoms with Crippen LogP contribution in [0.3, 0.4) is 0 Å². The molecule has 112 valence electrons. The first-order chi connectivity index (χ1) is 9.61. The molecule has 1 aromatic rings. The molecule has 1 saturated carbocycles. The smallest absolute Gasteiger partial charge is 0.283 e. The summed E-state index contributed by atoms with van der Waals surface area (Å²) >= 11 is 3.36. The number of anilines is 1. The Morgan fingerprint density at radius 2 is 2.35 bits per heavy atom. The molecule has 1 aliphatic carbocycles. The predicted octanol–water partition coefficient (Wildman–Crippen LogP) is 2.24. The van der Waals surface area contributed by atoms with E-state index in [9.17, 15) is 4.79 Å². The Morgan fingerprint density at radius 1 is 1.60 bits per heavy atom. The second-order valence-electron chi connectivity index (χ2n) is 5.66. The molecule has 5 nitrogen and oxygen atoms in total. The van der Waals surface area contributed by atoms with Crippen molar-refractivity contribution in [1.29, 1.82) is 0 Å².